The molecule has 0 spiro atoms. The van der Waals surface area contributed by atoms with Gasteiger partial charge in [-0.15, -0.1) is 0 Å². The van der Waals surface area contributed by atoms with Crippen molar-refractivity contribution in [1.82, 2.24) is 5.32 Å². The molecule has 5 nitrogen and oxygen atoms in total. The Morgan fingerprint density at radius 1 is 1.29 bits per heavy atom. The van der Waals surface area contributed by atoms with E-state index in [0.717, 1.165) is 18.4 Å². The van der Waals surface area contributed by atoms with Crippen LogP contribution < -0.4 is 11.1 Å². The molecule has 21 heavy (non-hydrogen) atoms. The van der Waals surface area contributed by atoms with Gasteiger partial charge in [-0.25, -0.2) is 0 Å². The molecule has 0 saturated heterocycles. The van der Waals surface area contributed by atoms with Crippen LogP contribution in [0.2, 0.25) is 0 Å². The number of nitrogens with one attached hydrogen (secondary N) is 1. The van der Waals surface area contributed by atoms with E-state index in [1.54, 1.807) is 0 Å². The molecular weight excluding hydrogens is 268 g/mol. The molecule has 114 valence electrons. The molecule has 2 unspecified atom stereocenters. The van der Waals surface area contributed by atoms with Gasteiger partial charge >= 0.3 is 5.97 Å². The van der Waals surface area contributed by atoms with E-state index in [1.165, 1.54) is 0 Å². The van der Waals surface area contributed by atoms with Gasteiger partial charge in [-0.1, -0.05) is 19.1 Å². The fourth-order valence-electron chi connectivity index (χ4n) is 2.51. The molecular formula is C16H22N2O3. The summed E-state index contributed by atoms with van der Waals surface area (Å²) in [5.74, 6) is -0.539. The van der Waals surface area contributed by atoms with Crippen LogP contribution in [-0.2, 0) is 9.59 Å². The van der Waals surface area contributed by atoms with Crippen LogP contribution in [0.25, 0.3) is 0 Å². The van der Waals surface area contributed by atoms with Crippen molar-refractivity contribution in [2.45, 2.75) is 44.6 Å². The zero-order chi connectivity index (χ0) is 15.4. The van der Waals surface area contributed by atoms with Gasteiger partial charge in [-0.3, -0.25) is 9.59 Å². The summed E-state index contributed by atoms with van der Waals surface area (Å²) in [4.78, 5) is 22.9. The third-order valence-corrected chi connectivity index (χ3v) is 3.93. The van der Waals surface area contributed by atoms with Gasteiger partial charge in [0.15, 0.2) is 0 Å². The Balaban J connectivity index is 1.87. The van der Waals surface area contributed by atoms with Crippen molar-refractivity contribution in [3.63, 3.8) is 0 Å². The molecule has 0 radical (unpaired) electrons. The number of nitrogens with two attached hydrogens (primary N) is 1. The summed E-state index contributed by atoms with van der Waals surface area (Å²) < 4.78 is 0. The number of carbonyl (C=O) groups is 2. The number of hydrogen-bond acceptors (Lipinski definition) is 3. The number of carboxylic acid groups (broad SMARTS) is 1. The van der Waals surface area contributed by atoms with E-state index >= 15 is 0 Å². The SMILES string of the molecule is CC(CC(=O)NC(CC(=O)O)C1CC1)c1ccc(N)cc1. The zero-order valence-corrected chi connectivity index (χ0v) is 12.2. The number of rotatable bonds is 7. The lowest BCUT2D eigenvalue weighted by molar-refractivity contribution is -0.137. The summed E-state index contributed by atoms with van der Waals surface area (Å²) in [6.07, 6.45) is 2.37. The van der Waals surface area contributed by atoms with Gasteiger partial charge in [-0.2, -0.15) is 0 Å². The third-order valence-electron chi connectivity index (χ3n) is 3.93. The van der Waals surface area contributed by atoms with E-state index in [4.69, 9.17) is 10.8 Å². The summed E-state index contributed by atoms with van der Waals surface area (Å²) in [5.41, 5.74) is 7.40. The van der Waals surface area contributed by atoms with Gasteiger partial charge < -0.3 is 16.2 Å². The monoisotopic (exact) mass is 290 g/mol. The van der Waals surface area contributed by atoms with E-state index in [-0.39, 0.29) is 24.3 Å². The average Bonchev–Trinajstić information content (AvgIpc) is 3.22. The average molecular weight is 290 g/mol. The third kappa shape index (κ3) is 4.77. The molecule has 1 aliphatic rings. The highest BCUT2D eigenvalue weighted by molar-refractivity contribution is 5.78. The van der Waals surface area contributed by atoms with E-state index < -0.39 is 5.97 Å². The fourth-order valence-corrected chi connectivity index (χ4v) is 2.51. The minimum atomic E-state index is -0.862. The van der Waals surface area contributed by atoms with Gasteiger partial charge in [0.05, 0.1) is 6.42 Å². The van der Waals surface area contributed by atoms with Crippen molar-refractivity contribution in [1.29, 1.82) is 0 Å². The van der Waals surface area contributed by atoms with E-state index in [9.17, 15) is 9.59 Å². The van der Waals surface area contributed by atoms with Crippen molar-refractivity contribution in [2.24, 2.45) is 5.92 Å². The lowest BCUT2D eigenvalue weighted by atomic mass is 9.97. The van der Waals surface area contributed by atoms with Crippen LogP contribution in [-0.4, -0.2) is 23.0 Å². The number of benzene rings is 1. The second-order valence-corrected chi connectivity index (χ2v) is 5.88. The smallest absolute Gasteiger partial charge is 0.305 e. The van der Waals surface area contributed by atoms with Crippen LogP contribution >= 0.6 is 0 Å². The van der Waals surface area contributed by atoms with Gasteiger partial charge in [-0.05, 0) is 42.4 Å². The number of amides is 1. The van der Waals surface area contributed by atoms with Crippen LogP contribution in [0.4, 0.5) is 5.69 Å². The lowest BCUT2D eigenvalue weighted by Gasteiger charge is -2.18. The maximum Gasteiger partial charge on any atom is 0.305 e. The normalized spacial score (nSPS) is 17.0. The van der Waals surface area contributed by atoms with Gasteiger partial charge in [0.1, 0.15) is 0 Å². The van der Waals surface area contributed by atoms with Crippen molar-refractivity contribution >= 4 is 17.6 Å². The largest absolute Gasteiger partial charge is 0.481 e. The number of hydrogen-bond donors (Lipinski definition) is 3. The Hall–Kier alpha value is -2.04. The molecule has 1 aliphatic carbocycles. The quantitative estimate of drug-likeness (QED) is 0.671. The van der Waals surface area contributed by atoms with Crippen LogP contribution in [0.15, 0.2) is 24.3 Å². The molecule has 2 rings (SSSR count). The molecule has 1 saturated carbocycles. The Morgan fingerprint density at radius 2 is 1.90 bits per heavy atom. The maximum atomic E-state index is 12.1. The summed E-state index contributed by atoms with van der Waals surface area (Å²) in [6, 6.07) is 7.25. The Morgan fingerprint density at radius 3 is 2.43 bits per heavy atom. The molecule has 1 aromatic rings. The summed E-state index contributed by atoms with van der Waals surface area (Å²) in [7, 11) is 0. The second kappa shape index (κ2) is 6.61. The second-order valence-electron chi connectivity index (χ2n) is 5.88. The van der Waals surface area contributed by atoms with Crippen LogP contribution in [0, 0.1) is 5.92 Å². The minimum absolute atomic E-state index is 0.00661. The van der Waals surface area contributed by atoms with Crippen LogP contribution in [0.5, 0.6) is 0 Å². The highest BCUT2D eigenvalue weighted by Crippen LogP contribution is 2.34. The Kier molecular flexibility index (Phi) is 4.83. The molecule has 5 heteroatoms. The first-order valence-corrected chi connectivity index (χ1v) is 7.32. The first-order chi connectivity index (χ1) is 9.95. The van der Waals surface area contributed by atoms with Crippen molar-refractivity contribution in [3.8, 4) is 0 Å². The zero-order valence-electron chi connectivity index (χ0n) is 12.2. The summed E-state index contributed by atoms with van der Waals surface area (Å²) in [6.45, 7) is 1.98. The molecule has 1 amide bonds. The standard InChI is InChI=1S/C16H22N2O3/c1-10(11-4-6-13(17)7-5-11)8-15(19)18-14(9-16(20)21)12-2-3-12/h4-7,10,12,14H,2-3,8-9,17H2,1H3,(H,18,19)(H,20,21). The highest BCUT2D eigenvalue weighted by atomic mass is 16.4. The van der Waals surface area contributed by atoms with Crippen molar-refractivity contribution in [3.05, 3.63) is 29.8 Å². The number of carbonyl (C=O) groups excluding carboxylic acids is 1. The number of carboxylic acids is 1. The molecule has 0 bridgehead atoms. The Bertz CT molecular complexity index is 509. The van der Waals surface area contributed by atoms with E-state index in [0.29, 0.717) is 18.0 Å². The molecule has 1 fully saturated rings. The molecule has 0 aliphatic heterocycles. The number of nitrogen functional groups attached to an aromatic ring is 1. The topological polar surface area (TPSA) is 92.4 Å². The van der Waals surface area contributed by atoms with Crippen LogP contribution in [0.1, 0.15) is 44.1 Å². The van der Waals surface area contributed by atoms with Crippen molar-refractivity contribution in [2.75, 3.05) is 5.73 Å². The summed E-state index contributed by atoms with van der Waals surface area (Å²) >= 11 is 0. The predicted molar refractivity (Wildman–Crippen MR) is 80.8 cm³/mol. The first-order valence-electron chi connectivity index (χ1n) is 7.32. The first kappa shape index (κ1) is 15.4. The fraction of sp³-hybridized carbons (Fsp3) is 0.500. The van der Waals surface area contributed by atoms with Crippen LogP contribution in [0.3, 0.4) is 0 Å². The van der Waals surface area contributed by atoms with Gasteiger partial charge in [0, 0.05) is 18.2 Å². The Labute approximate surface area is 124 Å². The number of aliphatic carboxylic acids is 1. The predicted octanol–water partition coefficient (Wildman–Crippen LogP) is 2.13. The molecule has 4 N–H and O–H groups in total. The number of anilines is 1. The molecule has 0 aromatic heterocycles. The van der Waals surface area contributed by atoms with E-state index in [2.05, 4.69) is 5.32 Å². The van der Waals surface area contributed by atoms with Gasteiger partial charge in [0.2, 0.25) is 5.91 Å². The molecule has 2 atom stereocenters. The highest BCUT2D eigenvalue weighted by Gasteiger charge is 2.33. The van der Waals surface area contributed by atoms with Crippen molar-refractivity contribution < 1.29 is 14.7 Å². The van der Waals surface area contributed by atoms with E-state index in [1.807, 2.05) is 31.2 Å². The maximum absolute atomic E-state index is 12.1. The lowest BCUT2D eigenvalue weighted by Crippen LogP contribution is -2.38. The molecule has 1 aromatic carbocycles. The minimum Gasteiger partial charge on any atom is -0.481 e. The molecule has 0 heterocycles. The van der Waals surface area contributed by atoms with Gasteiger partial charge in [0.25, 0.3) is 0 Å². The summed E-state index contributed by atoms with van der Waals surface area (Å²) in [5, 5.41) is 11.8.